The number of phenolic OH excluding ortho intramolecular Hbond substituents is 2. The van der Waals surface area contributed by atoms with E-state index in [1.54, 1.807) is 19.2 Å². The molecule has 1 atom stereocenters. The van der Waals surface area contributed by atoms with Gasteiger partial charge in [0, 0.05) is 18.5 Å². The summed E-state index contributed by atoms with van der Waals surface area (Å²) in [7, 11) is 1.56. The van der Waals surface area contributed by atoms with E-state index in [4.69, 9.17) is 0 Å². The van der Waals surface area contributed by atoms with Crippen molar-refractivity contribution in [3.8, 4) is 11.5 Å². The lowest BCUT2D eigenvalue weighted by molar-refractivity contribution is 0.0959. The summed E-state index contributed by atoms with van der Waals surface area (Å²) >= 11 is 0. The number of hydrogen-bond donors (Lipinski definition) is 3. The second kappa shape index (κ2) is 14.7. The number of aryl methyl sites for hydroxylation is 1. The molecule has 1 aliphatic carbocycles. The Bertz CT molecular complexity index is 677. The van der Waals surface area contributed by atoms with Gasteiger partial charge in [0.1, 0.15) is 11.5 Å². The average Bonchev–Trinajstić information content (AvgIpc) is 2.70. The monoisotopic (exact) mass is 403 g/mol. The number of carbonyl (C=O) groups is 1. The highest BCUT2D eigenvalue weighted by Gasteiger charge is 2.27. The van der Waals surface area contributed by atoms with Crippen molar-refractivity contribution in [1.82, 2.24) is 5.32 Å². The molecule has 3 N–H and O–H groups in total. The maximum Gasteiger partial charge on any atom is 0.255 e. The molecule has 0 saturated heterocycles. The molecule has 164 valence electrons. The Morgan fingerprint density at radius 2 is 1.93 bits per heavy atom. The van der Waals surface area contributed by atoms with Crippen LogP contribution in [0.1, 0.15) is 101 Å². The molecular weight excluding hydrogens is 362 g/mol. The molecule has 2 rings (SSSR count). The van der Waals surface area contributed by atoms with Crippen LogP contribution in [-0.4, -0.2) is 23.2 Å². The fourth-order valence-electron chi connectivity index (χ4n) is 3.57. The van der Waals surface area contributed by atoms with E-state index in [-0.39, 0.29) is 23.3 Å². The van der Waals surface area contributed by atoms with Gasteiger partial charge in [0.05, 0.1) is 5.56 Å². The highest BCUT2D eigenvalue weighted by molar-refractivity contribution is 5.99. The Morgan fingerprint density at radius 3 is 2.45 bits per heavy atom. The number of rotatable bonds is 6. The van der Waals surface area contributed by atoms with E-state index in [1.165, 1.54) is 5.57 Å². The van der Waals surface area contributed by atoms with Crippen molar-refractivity contribution in [2.45, 2.75) is 85.5 Å². The first-order chi connectivity index (χ1) is 13.9. The lowest BCUT2D eigenvalue weighted by Crippen LogP contribution is -2.21. The maximum absolute atomic E-state index is 12.3. The van der Waals surface area contributed by atoms with E-state index < -0.39 is 0 Å². The zero-order valence-electron chi connectivity index (χ0n) is 19.3. The third kappa shape index (κ3) is 7.96. The third-order valence-corrected chi connectivity index (χ3v) is 4.85. The molecule has 1 aromatic rings. The van der Waals surface area contributed by atoms with Crippen LogP contribution in [0.5, 0.6) is 11.5 Å². The molecule has 29 heavy (non-hydrogen) atoms. The van der Waals surface area contributed by atoms with Gasteiger partial charge in [0.15, 0.2) is 0 Å². The van der Waals surface area contributed by atoms with Gasteiger partial charge in [-0.15, -0.1) is 6.58 Å². The van der Waals surface area contributed by atoms with Crippen molar-refractivity contribution in [2.24, 2.45) is 0 Å². The normalized spacial score (nSPS) is 15.1. The van der Waals surface area contributed by atoms with Gasteiger partial charge in [0.2, 0.25) is 0 Å². The van der Waals surface area contributed by atoms with E-state index in [1.807, 2.05) is 20.8 Å². The van der Waals surface area contributed by atoms with Crippen molar-refractivity contribution >= 4 is 5.91 Å². The number of allylic oxidation sites excluding steroid dienone is 3. The summed E-state index contributed by atoms with van der Waals surface area (Å²) in [5.41, 5.74) is 2.79. The number of hydrogen-bond acceptors (Lipinski definition) is 3. The number of phenols is 2. The molecule has 0 radical (unpaired) electrons. The van der Waals surface area contributed by atoms with Crippen LogP contribution in [0.25, 0.3) is 0 Å². The van der Waals surface area contributed by atoms with Gasteiger partial charge in [-0.25, -0.2) is 0 Å². The highest BCUT2D eigenvalue weighted by atomic mass is 16.3. The Hall–Kier alpha value is -2.23. The molecule has 0 saturated carbocycles. The smallest absolute Gasteiger partial charge is 0.255 e. The van der Waals surface area contributed by atoms with Crippen LogP contribution in [0, 0.1) is 0 Å². The highest BCUT2D eigenvalue weighted by Crippen LogP contribution is 2.43. The SMILES string of the molecule is C=CC.CC.CCCCCc1cc(O)c(C2C=C(C)CCC2)c(O)c1C(=O)NC. The van der Waals surface area contributed by atoms with Gasteiger partial charge in [-0.05, 0) is 57.6 Å². The molecule has 0 aromatic heterocycles. The van der Waals surface area contributed by atoms with Gasteiger partial charge in [-0.2, -0.15) is 0 Å². The molecule has 1 amide bonds. The number of carbonyl (C=O) groups excluding carboxylic acids is 1. The first kappa shape index (κ1) is 26.8. The molecule has 1 unspecified atom stereocenters. The van der Waals surface area contributed by atoms with Crippen LogP contribution in [0.4, 0.5) is 0 Å². The fourth-order valence-corrected chi connectivity index (χ4v) is 3.57. The zero-order chi connectivity index (χ0) is 22.4. The van der Waals surface area contributed by atoms with Gasteiger partial charge in [0.25, 0.3) is 5.91 Å². The van der Waals surface area contributed by atoms with Crippen molar-refractivity contribution in [3.63, 3.8) is 0 Å². The molecule has 4 nitrogen and oxygen atoms in total. The quantitative estimate of drug-likeness (QED) is 0.369. The third-order valence-electron chi connectivity index (χ3n) is 4.85. The number of aromatic hydroxyl groups is 2. The molecule has 4 heteroatoms. The van der Waals surface area contributed by atoms with Gasteiger partial charge >= 0.3 is 0 Å². The number of benzene rings is 1. The summed E-state index contributed by atoms with van der Waals surface area (Å²) in [5.74, 6) is -0.289. The number of amides is 1. The first-order valence-electron chi connectivity index (χ1n) is 10.9. The predicted octanol–water partition coefficient (Wildman–Crippen LogP) is 6.62. The Kier molecular flexibility index (Phi) is 13.6. The second-order valence-electron chi connectivity index (χ2n) is 7.15. The Morgan fingerprint density at radius 1 is 1.31 bits per heavy atom. The van der Waals surface area contributed by atoms with E-state index in [0.717, 1.165) is 44.1 Å². The van der Waals surface area contributed by atoms with Gasteiger partial charge < -0.3 is 15.5 Å². The minimum Gasteiger partial charge on any atom is -0.507 e. The van der Waals surface area contributed by atoms with Gasteiger partial charge in [-0.1, -0.05) is 51.3 Å². The minimum absolute atomic E-state index is 0.0353. The van der Waals surface area contributed by atoms with Crippen LogP contribution >= 0.6 is 0 Å². The second-order valence-corrected chi connectivity index (χ2v) is 7.15. The van der Waals surface area contributed by atoms with Crippen molar-refractivity contribution in [2.75, 3.05) is 7.05 Å². The van der Waals surface area contributed by atoms with Crippen molar-refractivity contribution in [1.29, 1.82) is 0 Å². The fraction of sp³-hybridized carbons (Fsp3) is 0.560. The summed E-state index contributed by atoms with van der Waals surface area (Å²) in [5, 5.41) is 23.9. The van der Waals surface area contributed by atoms with Crippen LogP contribution in [-0.2, 0) is 6.42 Å². The molecule has 0 aliphatic heterocycles. The Balaban J connectivity index is 0.00000143. The largest absolute Gasteiger partial charge is 0.507 e. The van der Waals surface area contributed by atoms with Crippen LogP contribution in [0.3, 0.4) is 0 Å². The number of unbranched alkanes of at least 4 members (excludes halogenated alkanes) is 2. The van der Waals surface area contributed by atoms with E-state index >= 15 is 0 Å². The summed E-state index contributed by atoms with van der Waals surface area (Å²) in [4.78, 5) is 12.3. The maximum atomic E-state index is 12.3. The average molecular weight is 404 g/mol. The topological polar surface area (TPSA) is 69.6 Å². The molecule has 0 bridgehead atoms. The van der Waals surface area contributed by atoms with Crippen molar-refractivity contribution < 1.29 is 15.0 Å². The standard InChI is InChI=1S/C20H29NO3.C3H6.C2H6/c1-4-5-6-9-15-12-16(22)17(14-10-7-8-13(2)11-14)19(23)18(15)20(24)21-3;1-3-2;1-2/h11-12,14,22-23H,4-10H2,1-3H3,(H,21,24);3H,1H2,2H3;1-2H3. The zero-order valence-corrected chi connectivity index (χ0v) is 19.3. The van der Waals surface area contributed by atoms with E-state index in [0.29, 0.717) is 17.5 Å². The van der Waals surface area contributed by atoms with Crippen LogP contribution < -0.4 is 5.32 Å². The Labute approximate surface area is 177 Å². The number of nitrogens with one attached hydrogen (secondary N) is 1. The summed E-state index contributed by atoms with van der Waals surface area (Å²) in [6.07, 6.45) is 10.6. The van der Waals surface area contributed by atoms with Crippen LogP contribution in [0.2, 0.25) is 0 Å². The first-order valence-corrected chi connectivity index (χ1v) is 10.9. The summed E-state index contributed by atoms with van der Waals surface area (Å²) < 4.78 is 0. The van der Waals surface area contributed by atoms with E-state index in [2.05, 4.69) is 31.8 Å². The molecule has 1 aliphatic rings. The van der Waals surface area contributed by atoms with E-state index in [9.17, 15) is 15.0 Å². The summed E-state index contributed by atoms with van der Waals surface area (Å²) in [6, 6.07) is 1.67. The molecular formula is C25H41NO3. The lowest BCUT2D eigenvalue weighted by Gasteiger charge is -2.24. The molecule has 0 heterocycles. The van der Waals surface area contributed by atoms with Crippen LogP contribution in [0.15, 0.2) is 30.4 Å². The summed E-state index contributed by atoms with van der Waals surface area (Å²) in [6.45, 7) is 13.4. The van der Waals surface area contributed by atoms with Crippen molar-refractivity contribution in [3.05, 3.63) is 47.1 Å². The molecule has 0 fully saturated rings. The molecule has 1 aromatic carbocycles. The molecule has 0 spiro atoms. The minimum atomic E-state index is -0.295. The van der Waals surface area contributed by atoms with Gasteiger partial charge in [-0.3, -0.25) is 4.79 Å². The predicted molar refractivity (Wildman–Crippen MR) is 124 cm³/mol. The lowest BCUT2D eigenvalue weighted by atomic mass is 9.83.